The molecule has 0 bridgehead atoms. The minimum absolute atomic E-state index is 0.0380. The van der Waals surface area contributed by atoms with E-state index >= 15 is 0 Å². The summed E-state index contributed by atoms with van der Waals surface area (Å²) >= 11 is 0. The van der Waals surface area contributed by atoms with Crippen LogP contribution in [0.1, 0.15) is 31.5 Å². The van der Waals surface area contributed by atoms with Crippen LogP contribution in [-0.2, 0) is 13.2 Å². The molecule has 1 unspecified atom stereocenters. The largest absolute Gasteiger partial charge is 0.416 e. The van der Waals surface area contributed by atoms with Crippen LogP contribution in [0.15, 0.2) is 47.3 Å². The predicted molar refractivity (Wildman–Crippen MR) is 121 cm³/mol. The van der Waals surface area contributed by atoms with E-state index in [1.807, 2.05) is 6.92 Å². The second kappa shape index (κ2) is 8.43. The third-order valence-electron chi connectivity index (χ3n) is 6.36. The van der Waals surface area contributed by atoms with Crippen molar-refractivity contribution >= 4 is 22.4 Å². The lowest BCUT2D eigenvalue weighted by atomic mass is 9.88. The lowest BCUT2D eigenvalue weighted by molar-refractivity contribution is -0.137. The third kappa shape index (κ3) is 4.38. The second-order valence-corrected chi connectivity index (χ2v) is 8.64. The fourth-order valence-corrected chi connectivity index (χ4v) is 4.44. The van der Waals surface area contributed by atoms with Crippen molar-refractivity contribution in [3.8, 4) is 6.07 Å². The molecule has 1 aliphatic heterocycles. The molecular formula is C24H24F3N5O. The van der Waals surface area contributed by atoms with Crippen molar-refractivity contribution < 1.29 is 13.2 Å². The number of nitriles is 1. The van der Waals surface area contributed by atoms with Crippen LogP contribution in [-0.4, -0.2) is 28.2 Å². The summed E-state index contributed by atoms with van der Waals surface area (Å²) in [6.07, 6.45) is -3.64. The summed E-state index contributed by atoms with van der Waals surface area (Å²) in [5, 5.41) is 12.7. The van der Waals surface area contributed by atoms with Crippen LogP contribution in [0.3, 0.4) is 0 Å². The van der Waals surface area contributed by atoms with Crippen LogP contribution < -0.4 is 15.8 Å². The Morgan fingerprint density at radius 1 is 1.15 bits per heavy atom. The number of halogens is 3. The molecule has 1 fully saturated rings. The molecule has 172 valence electrons. The average Bonchev–Trinajstić information content (AvgIpc) is 2.78. The Morgan fingerprint density at radius 2 is 1.85 bits per heavy atom. The lowest BCUT2D eigenvalue weighted by Gasteiger charge is -2.43. The van der Waals surface area contributed by atoms with Crippen LogP contribution >= 0.6 is 0 Å². The smallest absolute Gasteiger partial charge is 0.382 e. The maximum Gasteiger partial charge on any atom is 0.416 e. The van der Waals surface area contributed by atoms with Gasteiger partial charge in [-0.15, -0.1) is 0 Å². The zero-order valence-electron chi connectivity index (χ0n) is 18.5. The van der Waals surface area contributed by atoms with Crippen LogP contribution in [0.4, 0.5) is 24.5 Å². The van der Waals surface area contributed by atoms with Gasteiger partial charge in [0.05, 0.1) is 16.8 Å². The van der Waals surface area contributed by atoms with Gasteiger partial charge in [-0.05, 0) is 55.7 Å². The Bertz CT molecular complexity index is 1280. The normalized spacial score (nSPS) is 21.1. The molecular weight excluding hydrogens is 431 g/mol. The first-order valence-corrected chi connectivity index (χ1v) is 10.7. The molecule has 2 aromatic heterocycles. The van der Waals surface area contributed by atoms with E-state index in [0.29, 0.717) is 29.0 Å². The van der Waals surface area contributed by atoms with E-state index < -0.39 is 11.7 Å². The van der Waals surface area contributed by atoms with E-state index in [0.717, 1.165) is 18.6 Å². The summed E-state index contributed by atoms with van der Waals surface area (Å²) < 4.78 is 40.0. The fourth-order valence-electron chi connectivity index (χ4n) is 4.44. The molecule has 1 N–H and O–H groups in total. The highest BCUT2D eigenvalue weighted by molar-refractivity contribution is 5.89. The SMILES string of the molecule is C[C@H]1CN(c2cc(=O)n(C)c3ccc(C#N)nc23)[C@@H](C)CC1Nc1ccc(C(F)(F)F)cc1. The average molecular weight is 455 g/mol. The van der Waals surface area contributed by atoms with Gasteiger partial charge in [0.15, 0.2) is 0 Å². The van der Waals surface area contributed by atoms with Gasteiger partial charge < -0.3 is 14.8 Å². The second-order valence-electron chi connectivity index (χ2n) is 8.64. The summed E-state index contributed by atoms with van der Waals surface area (Å²) in [7, 11) is 1.68. The number of nitrogens with one attached hydrogen (secondary N) is 1. The molecule has 4 rings (SSSR count). The van der Waals surface area contributed by atoms with Gasteiger partial charge in [-0.2, -0.15) is 18.4 Å². The quantitative estimate of drug-likeness (QED) is 0.628. The van der Waals surface area contributed by atoms with Crippen molar-refractivity contribution in [3.05, 3.63) is 64.1 Å². The van der Waals surface area contributed by atoms with Crippen LogP contribution in [0.25, 0.3) is 11.0 Å². The number of nitrogens with zero attached hydrogens (tertiary/aromatic N) is 4. The number of anilines is 2. The van der Waals surface area contributed by atoms with Gasteiger partial charge in [-0.25, -0.2) is 4.98 Å². The Hall–Kier alpha value is -3.54. The molecule has 6 nitrogen and oxygen atoms in total. The van der Waals surface area contributed by atoms with Crippen molar-refractivity contribution in [2.75, 3.05) is 16.8 Å². The number of alkyl halides is 3. The number of hydrogen-bond donors (Lipinski definition) is 1. The first-order valence-electron chi connectivity index (χ1n) is 10.7. The van der Waals surface area contributed by atoms with Crippen LogP contribution in [0.5, 0.6) is 0 Å². The zero-order chi connectivity index (χ0) is 23.9. The molecule has 1 aromatic carbocycles. The third-order valence-corrected chi connectivity index (χ3v) is 6.36. The van der Waals surface area contributed by atoms with Crippen molar-refractivity contribution in [2.24, 2.45) is 13.0 Å². The first kappa shape index (κ1) is 22.6. The van der Waals surface area contributed by atoms with E-state index in [9.17, 15) is 23.2 Å². The number of fused-ring (bicyclic) bond motifs is 1. The van der Waals surface area contributed by atoms with Crippen molar-refractivity contribution in [3.63, 3.8) is 0 Å². The van der Waals surface area contributed by atoms with Gasteiger partial charge in [0.2, 0.25) is 0 Å². The van der Waals surface area contributed by atoms with Crippen LogP contribution in [0.2, 0.25) is 0 Å². The molecule has 0 amide bonds. The monoisotopic (exact) mass is 455 g/mol. The minimum Gasteiger partial charge on any atom is -0.382 e. The van der Waals surface area contributed by atoms with Gasteiger partial charge in [0.25, 0.3) is 5.56 Å². The maximum atomic E-state index is 12.8. The van der Waals surface area contributed by atoms with Crippen LogP contribution in [0, 0.1) is 17.2 Å². The Balaban J connectivity index is 1.60. The Labute approximate surface area is 189 Å². The summed E-state index contributed by atoms with van der Waals surface area (Å²) in [6, 6.07) is 12.1. The number of benzene rings is 1. The van der Waals surface area contributed by atoms with E-state index in [4.69, 9.17) is 0 Å². The first-order chi connectivity index (χ1) is 15.6. The van der Waals surface area contributed by atoms with E-state index in [1.165, 1.54) is 16.7 Å². The molecule has 3 heterocycles. The van der Waals surface area contributed by atoms with Gasteiger partial charge in [0, 0.05) is 37.4 Å². The molecule has 3 aromatic rings. The molecule has 1 saturated heterocycles. The predicted octanol–water partition coefficient (Wildman–Crippen LogP) is 4.54. The number of piperidine rings is 1. The fraction of sp³-hybridized carbons (Fsp3) is 0.375. The highest BCUT2D eigenvalue weighted by Crippen LogP contribution is 2.34. The molecule has 9 heteroatoms. The van der Waals surface area contributed by atoms with E-state index in [2.05, 4.69) is 28.2 Å². The molecule has 0 radical (unpaired) electrons. The number of aryl methyl sites for hydroxylation is 1. The van der Waals surface area contributed by atoms with E-state index in [-0.39, 0.29) is 29.3 Å². The van der Waals surface area contributed by atoms with Gasteiger partial charge >= 0.3 is 6.18 Å². The standard InChI is InChI=1S/C24H24F3N5O/c1-14-13-32(21-11-22(33)31(3)20-9-8-18(12-28)30-23(20)21)15(2)10-19(14)29-17-6-4-16(5-7-17)24(25,26)27/h4-9,11,14-15,19,29H,10,13H2,1-3H3/t14-,15-,19?/m0/s1. The molecule has 0 spiro atoms. The molecule has 33 heavy (non-hydrogen) atoms. The van der Waals surface area contributed by atoms with Gasteiger partial charge in [-0.1, -0.05) is 6.92 Å². The van der Waals surface area contributed by atoms with Gasteiger partial charge in [0.1, 0.15) is 17.3 Å². The number of pyridine rings is 2. The summed E-state index contributed by atoms with van der Waals surface area (Å²) in [6.45, 7) is 4.74. The molecule has 0 saturated carbocycles. The molecule has 1 aliphatic rings. The topological polar surface area (TPSA) is 74.0 Å². The van der Waals surface area contributed by atoms with Gasteiger partial charge in [-0.3, -0.25) is 4.79 Å². The number of hydrogen-bond acceptors (Lipinski definition) is 5. The molecule has 3 atom stereocenters. The number of rotatable bonds is 3. The highest BCUT2D eigenvalue weighted by Gasteiger charge is 2.33. The minimum atomic E-state index is -4.36. The van der Waals surface area contributed by atoms with E-state index in [1.54, 1.807) is 25.2 Å². The zero-order valence-corrected chi connectivity index (χ0v) is 18.5. The Morgan fingerprint density at radius 3 is 2.48 bits per heavy atom. The highest BCUT2D eigenvalue weighted by atomic mass is 19.4. The lowest BCUT2D eigenvalue weighted by Crippen LogP contribution is -2.50. The summed E-state index contributed by atoms with van der Waals surface area (Å²) in [5.74, 6) is 0.141. The molecule has 0 aliphatic carbocycles. The summed E-state index contributed by atoms with van der Waals surface area (Å²) in [5.41, 5.74) is 2.03. The van der Waals surface area contributed by atoms with Crippen molar-refractivity contribution in [1.29, 1.82) is 5.26 Å². The number of aromatic nitrogens is 2. The van der Waals surface area contributed by atoms with Crippen molar-refractivity contribution in [1.82, 2.24) is 9.55 Å². The van der Waals surface area contributed by atoms with Crippen molar-refractivity contribution in [2.45, 2.75) is 38.5 Å². The Kier molecular flexibility index (Phi) is 5.78. The summed E-state index contributed by atoms with van der Waals surface area (Å²) in [4.78, 5) is 19.2. The maximum absolute atomic E-state index is 12.8.